The van der Waals surface area contributed by atoms with Gasteiger partial charge in [0.15, 0.2) is 5.75 Å². The number of para-hydroxylation sites is 2. The first-order chi connectivity index (χ1) is 14.7. The van der Waals surface area contributed by atoms with Gasteiger partial charge in [-0.1, -0.05) is 24.3 Å². The van der Waals surface area contributed by atoms with E-state index in [0.29, 0.717) is 35.9 Å². The van der Waals surface area contributed by atoms with Crippen LogP contribution in [0.15, 0.2) is 72.8 Å². The highest BCUT2D eigenvalue weighted by atomic mass is 16.5. The second-order valence-corrected chi connectivity index (χ2v) is 6.44. The summed E-state index contributed by atoms with van der Waals surface area (Å²) in [6.45, 7) is 2.63. The Bertz CT molecular complexity index is 1010. The molecule has 6 nitrogen and oxygen atoms in total. The zero-order chi connectivity index (χ0) is 21.2. The molecule has 0 aliphatic heterocycles. The zero-order valence-electron chi connectivity index (χ0n) is 16.7. The lowest BCUT2D eigenvalue weighted by atomic mass is 10.1. The second kappa shape index (κ2) is 10.5. The molecule has 30 heavy (non-hydrogen) atoms. The Morgan fingerprint density at radius 1 is 0.967 bits per heavy atom. The molecule has 6 heteroatoms. The second-order valence-electron chi connectivity index (χ2n) is 6.44. The molecule has 0 saturated heterocycles. The van der Waals surface area contributed by atoms with Crippen molar-refractivity contribution in [3.8, 4) is 23.3 Å². The van der Waals surface area contributed by atoms with Crippen molar-refractivity contribution < 1.29 is 14.3 Å². The van der Waals surface area contributed by atoms with E-state index in [1.165, 1.54) is 0 Å². The molecule has 0 unspecified atom stereocenters. The predicted octanol–water partition coefficient (Wildman–Crippen LogP) is 4.99. The van der Waals surface area contributed by atoms with Crippen molar-refractivity contribution in [2.45, 2.75) is 13.3 Å². The number of nitrogens with one attached hydrogen (secondary N) is 2. The number of carbonyl (C=O) groups excluding carboxylic acids is 1. The SMILES string of the molecule is CCOc1ccc(Oc2ccccc2NCC(=O)Nc2ccc(CC#N)cc2)cc1. The van der Waals surface area contributed by atoms with E-state index in [0.717, 1.165) is 11.3 Å². The topological polar surface area (TPSA) is 83.4 Å². The van der Waals surface area contributed by atoms with Gasteiger partial charge in [-0.15, -0.1) is 0 Å². The lowest BCUT2D eigenvalue weighted by Crippen LogP contribution is -2.21. The van der Waals surface area contributed by atoms with Crippen molar-refractivity contribution in [3.63, 3.8) is 0 Å². The fraction of sp³-hybridized carbons (Fsp3) is 0.167. The summed E-state index contributed by atoms with van der Waals surface area (Å²) in [5.41, 5.74) is 2.31. The third-order valence-corrected chi connectivity index (χ3v) is 4.21. The number of benzene rings is 3. The molecule has 0 heterocycles. The minimum Gasteiger partial charge on any atom is -0.494 e. The van der Waals surface area contributed by atoms with Crippen LogP contribution < -0.4 is 20.1 Å². The molecule has 0 atom stereocenters. The molecule has 0 spiro atoms. The summed E-state index contributed by atoms with van der Waals surface area (Å²) in [7, 11) is 0. The maximum absolute atomic E-state index is 12.3. The van der Waals surface area contributed by atoms with Gasteiger partial charge < -0.3 is 20.1 Å². The first-order valence-electron chi connectivity index (χ1n) is 9.67. The van der Waals surface area contributed by atoms with E-state index in [-0.39, 0.29) is 12.5 Å². The van der Waals surface area contributed by atoms with Crippen LogP contribution in [-0.2, 0) is 11.2 Å². The Labute approximate surface area is 176 Å². The van der Waals surface area contributed by atoms with E-state index in [1.54, 1.807) is 12.1 Å². The fourth-order valence-electron chi connectivity index (χ4n) is 2.78. The summed E-state index contributed by atoms with van der Waals surface area (Å²) in [4.78, 5) is 12.3. The maximum atomic E-state index is 12.3. The summed E-state index contributed by atoms with van der Waals surface area (Å²) >= 11 is 0. The van der Waals surface area contributed by atoms with E-state index < -0.39 is 0 Å². The van der Waals surface area contributed by atoms with Gasteiger partial charge in [0.05, 0.1) is 31.3 Å². The Kier molecular flexibility index (Phi) is 7.28. The standard InChI is InChI=1S/C24H23N3O3/c1-2-29-20-11-13-21(14-12-20)30-23-6-4-3-5-22(23)26-17-24(28)27-19-9-7-18(8-10-19)15-16-25/h3-14,26H,2,15,17H2,1H3,(H,27,28). The van der Waals surface area contributed by atoms with Crippen LogP contribution in [0.1, 0.15) is 12.5 Å². The maximum Gasteiger partial charge on any atom is 0.243 e. The molecule has 152 valence electrons. The van der Waals surface area contributed by atoms with Gasteiger partial charge in [-0.2, -0.15) is 5.26 Å². The highest BCUT2D eigenvalue weighted by Crippen LogP contribution is 2.30. The number of nitriles is 1. The number of nitrogens with zero attached hydrogens (tertiary/aromatic N) is 1. The Morgan fingerprint density at radius 2 is 1.67 bits per heavy atom. The minimum absolute atomic E-state index is 0.0869. The Hall–Kier alpha value is -3.98. The molecule has 3 aromatic rings. The molecule has 0 bridgehead atoms. The van der Waals surface area contributed by atoms with Crippen LogP contribution in [0.2, 0.25) is 0 Å². The summed E-state index contributed by atoms with van der Waals surface area (Å²) in [5, 5.41) is 14.7. The van der Waals surface area contributed by atoms with Crippen molar-refractivity contribution in [2.24, 2.45) is 0 Å². The molecular weight excluding hydrogens is 378 g/mol. The summed E-state index contributed by atoms with van der Waals surface area (Å²) < 4.78 is 11.4. The normalized spacial score (nSPS) is 10.0. The van der Waals surface area contributed by atoms with Crippen LogP contribution in [0, 0.1) is 11.3 Å². The van der Waals surface area contributed by atoms with Crippen molar-refractivity contribution in [3.05, 3.63) is 78.4 Å². The van der Waals surface area contributed by atoms with Crippen LogP contribution in [0.3, 0.4) is 0 Å². The number of carbonyl (C=O) groups is 1. The molecule has 0 radical (unpaired) electrons. The quantitative estimate of drug-likeness (QED) is 0.527. The van der Waals surface area contributed by atoms with Crippen molar-refractivity contribution in [2.75, 3.05) is 23.8 Å². The number of amides is 1. The predicted molar refractivity (Wildman–Crippen MR) is 117 cm³/mol. The first-order valence-corrected chi connectivity index (χ1v) is 9.67. The molecule has 3 aromatic carbocycles. The van der Waals surface area contributed by atoms with Gasteiger partial charge in [0.25, 0.3) is 0 Å². The molecule has 1 amide bonds. The highest BCUT2D eigenvalue weighted by molar-refractivity contribution is 5.94. The lowest BCUT2D eigenvalue weighted by Gasteiger charge is -2.13. The molecule has 0 aliphatic carbocycles. The molecule has 0 fully saturated rings. The van der Waals surface area contributed by atoms with E-state index in [2.05, 4.69) is 16.7 Å². The van der Waals surface area contributed by atoms with Gasteiger partial charge >= 0.3 is 0 Å². The number of rotatable bonds is 9. The van der Waals surface area contributed by atoms with Crippen molar-refractivity contribution >= 4 is 17.3 Å². The largest absolute Gasteiger partial charge is 0.494 e. The molecule has 3 rings (SSSR count). The molecule has 0 saturated carbocycles. The monoisotopic (exact) mass is 401 g/mol. The molecule has 0 aliphatic rings. The van der Waals surface area contributed by atoms with Crippen molar-refractivity contribution in [1.29, 1.82) is 5.26 Å². The van der Waals surface area contributed by atoms with Gasteiger partial charge in [0.2, 0.25) is 5.91 Å². The van der Waals surface area contributed by atoms with Gasteiger partial charge in [-0.3, -0.25) is 4.79 Å². The number of anilines is 2. The van der Waals surface area contributed by atoms with Gasteiger partial charge in [0, 0.05) is 5.69 Å². The van der Waals surface area contributed by atoms with Crippen LogP contribution in [-0.4, -0.2) is 19.1 Å². The summed E-state index contributed by atoms with van der Waals surface area (Å²) in [5.74, 6) is 1.90. The fourth-order valence-corrected chi connectivity index (χ4v) is 2.78. The van der Waals surface area contributed by atoms with Gasteiger partial charge in [0.1, 0.15) is 11.5 Å². The van der Waals surface area contributed by atoms with Gasteiger partial charge in [-0.25, -0.2) is 0 Å². The molecule has 2 N–H and O–H groups in total. The highest BCUT2D eigenvalue weighted by Gasteiger charge is 2.08. The smallest absolute Gasteiger partial charge is 0.243 e. The van der Waals surface area contributed by atoms with Crippen LogP contribution in [0.25, 0.3) is 0 Å². The molecular formula is C24H23N3O3. The van der Waals surface area contributed by atoms with Crippen molar-refractivity contribution in [1.82, 2.24) is 0 Å². The van der Waals surface area contributed by atoms with E-state index >= 15 is 0 Å². The Morgan fingerprint density at radius 3 is 2.37 bits per heavy atom. The third-order valence-electron chi connectivity index (χ3n) is 4.21. The average Bonchev–Trinajstić information content (AvgIpc) is 2.76. The van der Waals surface area contributed by atoms with Gasteiger partial charge in [-0.05, 0) is 61.0 Å². The average molecular weight is 401 g/mol. The number of ether oxygens (including phenoxy) is 2. The van der Waals surface area contributed by atoms with Crippen LogP contribution >= 0.6 is 0 Å². The van der Waals surface area contributed by atoms with Crippen LogP contribution in [0.4, 0.5) is 11.4 Å². The summed E-state index contributed by atoms with van der Waals surface area (Å²) in [6.07, 6.45) is 0.348. The third kappa shape index (κ3) is 6.01. The van der Waals surface area contributed by atoms with E-state index in [1.807, 2.05) is 67.6 Å². The zero-order valence-corrected chi connectivity index (χ0v) is 16.7. The summed E-state index contributed by atoms with van der Waals surface area (Å²) in [6, 6.07) is 24.1. The minimum atomic E-state index is -0.182. The Balaban J connectivity index is 1.57. The van der Waals surface area contributed by atoms with E-state index in [4.69, 9.17) is 14.7 Å². The number of hydrogen-bond donors (Lipinski definition) is 2. The molecule has 0 aromatic heterocycles. The number of hydrogen-bond acceptors (Lipinski definition) is 5. The lowest BCUT2D eigenvalue weighted by molar-refractivity contribution is -0.114. The first kappa shape index (κ1) is 20.7. The van der Waals surface area contributed by atoms with Crippen LogP contribution in [0.5, 0.6) is 17.2 Å². The van der Waals surface area contributed by atoms with E-state index in [9.17, 15) is 4.79 Å².